The number of ether oxygens (including phenoxy) is 1. The third kappa shape index (κ3) is 5.79. The van der Waals surface area contributed by atoms with Crippen LogP contribution in [0, 0.1) is 0 Å². The summed E-state index contributed by atoms with van der Waals surface area (Å²) in [6, 6.07) is 24.2. The quantitative estimate of drug-likeness (QED) is 0.580. The van der Waals surface area contributed by atoms with E-state index in [-0.39, 0.29) is 13.2 Å². The minimum atomic E-state index is -0.619. The van der Waals surface area contributed by atoms with Crippen LogP contribution < -0.4 is 4.74 Å². The molecule has 0 heterocycles. The Morgan fingerprint density at radius 1 is 0.852 bits per heavy atom. The summed E-state index contributed by atoms with van der Waals surface area (Å²) in [6.45, 7) is 2.10. The SMILES string of the molecule is OCCN(CCc1ccccc1)CC(O)COc1cccc2ccccc12. The van der Waals surface area contributed by atoms with E-state index in [4.69, 9.17) is 4.74 Å². The number of hydrogen-bond acceptors (Lipinski definition) is 4. The summed E-state index contributed by atoms with van der Waals surface area (Å²) in [5.41, 5.74) is 1.25. The first kappa shape index (κ1) is 19.4. The molecular weight excluding hydrogens is 338 g/mol. The second-order valence-corrected chi connectivity index (χ2v) is 6.70. The molecule has 3 aromatic carbocycles. The Labute approximate surface area is 160 Å². The predicted molar refractivity (Wildman–Crippen MR) is 109 cm³/mol. The number of rotatable bonds is 10. The van der Waals surface area contributed by atoms with Gasteiger partial charge >= 0.3 is 0 Å². The lowest BCUT2D eigenvalue weighted by Crippen LogP contribution is -2.38. The first-order valence-electron chi connectivity index (χ1n) is 9.42. The van der Waals surface area contributed by atoms with E-state index >= 15 is 0 Å². The van der Waals surface area contributed by atoms with Gasteiger partial charge in [-0.3, -0.25) is 4.90 Å². The monoisotopic (exact) mass is 365 g/mol. The molecule has 0 aliphatic carbocycles. The fraction of sp³-hybridized carbons (Fsp3) is 0.304. The van der Waals surface area contributed by atoms with Gasteiger partial charge in [0.05, 0.1) is 6.61 Å². The molecule has 0 saturated carbocycles. The Hall–Kier alpha value is -2.40. The van der Waals surface area contributed by atoms with Gasteiger partial charge in [-0.05, 0) is 23.4 Å². The maximum atomic E-state index is 10.4. The van der Waals surface area contributed by atoms with Gasteiger partial charge in [-0.15, -0.1) is 0 Å². The molecule has 0 aliphatic rings. The van der Waals surface area contributed by atoms with E-state index < -0.39 is 6.10 Å². The van der Waals surface area contributed by atoms with Crippen LogP contribution >= 0.6 is 0 Å². The first-order valence-corrected chi connectivity index (χ1v) is 9.42. The second kappa shape index (κ2) is 10.1. The fourth-order valence-electron chi connectivity index (χ4n) is 3.23. The summed E-state index contributed by atoms with van der Waals surface area (Å²) in [5.74, 6) is 0.783. The number of hydrogen-bond donors (Lipinski definition) is 2. The predicted octanol–water partition coefficient (Wildman–Crippen LogP) is 3.12. The van der Waals surface area contributed by atoms with E-state index in [1.165, 1.54) is 5.56 Å². The van der Waals surface area contributed by atoms with E-state index in [1.54, 1.807) is 0 Å². The van der Waals surface area contributed by atoms with Crippen molar-refractivity contribution in [1.82, 2.24) is 4.90 Å². The van der Waals surface area contributed by atoms with Crippen LogP contribution in [0.25, 0.3) is 10.8 Å². The molecule has 0 bridgehead atoms. The van der Waals surface area contributed by atoms with Crippen molar-refractivity contribution >= 4 is 10.8 Å². The van der Waals surface area contributed by atoms with Gasteiger partial charge in [0.1, 0.15) is 18.5 Å². The van der Waals surface area contributed by atoms with Crippen LogP contribution in [0.4, 0.5) is 0 Å². The van der Waals surface area contributed by atoms with Crippen LogP contribution in [-0.2, 0) is 6.42 Å². The van der Waals surface area contributed by atoms with E-state index in [1.807, 2.05) is 60.7 Å². The van der Waals surface area contributed by atoms with Crippen molar-refractivity contribution in [3.05, 3.63) is 78.4 Å². The minimum absolute atomic E-state index is 0.0751. The van der Waals surface area contributed by atoms with E-state index in [9.17, 15) is 10.2 Å². The highest BCUT2D eigenvalue weighted by Crippen LogP contribution is 2.25. The van der Waals surface area contributed by atoms with Gasteiger partial charge in [-0.2, -0.15) is 0 Å². The van der Waals surface area contributed by atoms with E-state index in [0.29, 0.717) is 13.1 Å². The van der Waals surface area contributed by atoms with Crippen LogP contribution in [0.5, 0.6) is 5.75 Å². The van der Waals surface area contributed by atoms with Crippen molar-refractivity contribution in [2.24, 2.45) is 0 Å². The summed E-state index contributed by atoms with van der Waals surface area (Å²) in [6.07, 6.45) is 0.267. The Balaban J connectivity index is 1.53. The highest BCUT2D eigenvalue weighted by Gasteiger charge is 2.13. The van der Waals surface area contributed by atoms with Crippen molar-refractivity contribution in [2.75, 3.05) is 32.8 Å². The Bertz CT molecular complexity index is 817. The normalized spacial score (nSPS) is 12.4. The third-order valence-electron chi connectivity index (χ3n) is 4.63. The first-order chi connectivity index (χ1) is 13.3. The molecule has 4 nitrogen and oxygen atoms in total. The Kier molecular flexibility index (Phi) is 7.22. The van der Waals surface area contributed by atoms with Gasteiger partial charge in [0, 0.05) is 25.0 Å². The average molecular weight is 365 g/mol. The molecule has 0 saturated heterocycles. The molecule has 3 aromatic rings. The van der Waals surface area contributed by atoms with Crippen LogP contribution in [-0.4, -0.2) is 54.1 Å². The van der Waals surface area contributed by atoms with Gasteiger partial charge < -0.3 is 14.9 Å². The van der Waals surface area contributed by atoms with Crippen LogP contribution in [0.1, 0.15) is 5.56 Å². The number of benzene rings is 3. The fourth-order valence-corrected chi connectivity index (χ4v) is 3.23. The maximum absolute atomic E-state index is 10.4. The van der Waals surface area contributed by atoms with Crippen molar-refractivity contribution in [1.29, 1.82) is 0 Å². The number of aliphatic hydroxyl groups is 2. The minimum Gasteiger partial charge on any atom is -0.490 e. The van der Waals surface area contributed by atoms with Gasteiger partial charge in [0.25, 0.3) is 0 Å². The molecule has 0 spiro atoms. The Morgan fingerprint density at radius 3 is 2.41 bits per heavy atom. The largest absolute Gasteiger partial charge is 0.490 e. The molecular formula is C23H27NO3. The molecule has 0 radical (unpaired) electrons. The van der Waals surface area contributed by atoms with Crippen molar-refractivity contribution in [3.8, 4) is 5.75 Å². The lowest BCUT2D eigenvalue weighted by Gasteiger charge is -2.24. The molecule has 0 amide bonds. The average Bonchev–Trinajstić information content (AvgIpc) is 2.71. The molecule has 27 heavy (non-hydrogen) atoms. The van der Waals surface area contributed by atoms with Crippen LogP contribution in [0.15, 0.2) is 72.8 Å². The van der Waals surface area contributed by atoms with Gasteiger partial charge in [0.2, 0.25) is 0 Å². The Morgan fingerprint density at radius 2 is 1.59 bits per heavy atom. The van der Waals surface area contributed by atoms with Gasteiger partial charge in [-0.1, -0.05) is 66.7 Å². The molecule has 1 unspecified atom stereocenters. The smallest absolute Gasteiger partial charge is 0.127 e. The zero-order valence-corrected chi connectivity index (χ0v) is 15.5. The molecule has 0 fully saturated rings. The van der Waals surface area contributed by atoms with Crippen LogP contribution in [0.2, 0.25) is 0 Å². The van der Waals surface area contributed by atoms with Crippen LogP contribution in [0.3, 0.4) is 0 Å². The van der Waals surface area contributed by atoms with Gasteiger partial charge in [-0.25, -0.2) is 0 Å². The highest BCUT2D eigenvalue weighted by atomic mass is 16.5. The number of aliphatic hydroxyl groups excluding tert-OH is 2. The topological polar surface area (TPSA) is 52.9 Å². The zero-order valence-electron chi connectivity index (χ0n) is 15.5. The molecule has 142 valence electrons. The molecule has 4 heteroatoms. The van der Waals surface area contributed by atoms with E-state index in [2.05, 4.69) is 17.0 Å². The molecule has 0 aliphatic heterocycles. The maximum Gasteiger partial charge on any atom is 0.127 e. The van der Waals surface area contributed by atoms with Crippen molar-refractivity contribution < 1.29 is 14.9 Å². The van der Waals surface area contributed by atoms with Crippen molar-refractivity contribution in [3.63, 3.8) is 0 Å². The number of nitrogens with zero attached hydrogens (tertiary/aromatic N) is 1. The summed E-state index contributed by atoms with van der Waals surface area (Å²) in [4.78, 5) is 2.07. The van der Waals surface area contributed by atoms with Gasteiger partial charge in [0.15, 0.2) is 0 Å². The lowest BCUT2D eigenvalue weighted by atomic mass is 10.1. The molecule has 2 N–H and O–H groups in total. The molecule has 1 atom stereocenters. The summed E-state index contributed by atoms with van der Waals surface area (Å²) in [5, 5.41) is 21.9. The second-order valence-electron chi connectivity index (χ2n) is 6.70. The summed E-state index contributed by atoms with van der Waals surface area (Å²) < 4.78 is 5.88. The lowest BCUT2D eigenvalue weighted by molar-refractivity contribution is 0.0627. The summed E-state index contributed by atoms with van der Waals surface area (Å²) >= 11 is 0. The highest BCUT2D eigenvalue weighted by molar-refractivity contribution is 5.88. The van der Waals surface area contributed by atoms with Crippen molar-refractivity contribution in [2.45, 2.75) is 12.5 Å². The molecule has 3 rings (SSSR count). The summed E-state index contributed by atoms with van der Waals surface area (Å²) in [7, 11) is 0. The zero-order chi connectivity index (χ0) is 18.9. The third-order valence-corrected chi connectivity index (χ3v) is 4.63. The standard InChI is InChI=1S/C23H27NO3/c25-16-15-24(14-13-19-7-2-1-3-8-19)17-21(26)18-27-23-12-6-10-20-9-4-5-11-22(20)23/h1-12,21,25-26H,13-18H2. The van der Waals surface area contributed by atoms with E-state index in [0.717, 1.165) is 29.5 Å². The molecule has 0 aromatic heterocycles. The number of fused-ring (bicyclic) bond motifs is 1.